The number of hydrogen-bond donors (Lipinski definition) is 2. The number of benzene rings is 1. The van der Waals surface area contributed by atoms with Gasteiger partial charge in [0.1, 0.15) is 6.10 Å². The maximum atomic E-state index is 10.6. The first-order chi connectivity index (χ1) is 10.3. The third kappa shape index (κ3) is 3.27. The predicted molar refractivity (Wildman–Crippen MR) is 71.3 cm³/mol. The highest BCUT2D eigenvalue weighted by atomic mass is 31.2. The molecule has 2 N–H and O–H groups in total. The van der Waals surface area contributed by atoms with E-state index < -0.39 is 32.7 Å². The molecule has 0 bridgehead atoms. The zero-order valence-corrected chi connectivity index (χ0v) is 12.7. The fourth-order valence-electron chi connectivity index (χ4n) is 2.65. The molecule has 4 atom stereocenters. The molecule has 0 spiro atoms. The molecule has 1 aromatic rings. The summed E-state index contributed by atoms with van der Waals surface area (Å²) in [5.41, 5.74) is 1.75. The third-order valence-electron chi connectivity index (χ3n) is 3.73. The molecule has 0 aromatic heterocycles. The average Bonchev–Trinajstić information content (AvgIpc) is 3.00. The second-order valence-corrected chi connectivity index (χ2v) is 6.49. The van der Waals surface area contributed by atoms with Gasteiger partial charge in [-0.2, -0.15) is 0 Å². The summed E-state index contributed by atoms with van der Waals surface area (Å²) in [5, 5.41) is 9.97. The number of phosphoric ester groups is 1. The van der Waals surface area contributed by atoms with Crippen LogP contribution < -0.4 is 14.4 Å². The highest BCUT2D eigenvalue weighted by molar-refractivity contribution is 7.44. The number of aryl methyl sites for hydroxylation is 1. The molecule has 9 heteroatoms. The zero-order valence-electron chi connectivity index (χ0n) is 11.8. The first-order valence-corrected chi connectivity index (χ1v) is 8.25. The summed E-state index contributed by atoms with van der Waals surface area (Å²) < 4.78 is 31.2. The molecule has 8 nitrogen and oxygen atoms in total. The van der Waals surface area contributed by atoms with Gasteiger partial charge in [-0.25, -0.2) is 0 Å². The Kier molecular flexibility index (Phi) is 4.15. The Morgan fingerprint density at radius 3 is 2.77 bits per heavy atom. The summed E-state index contributed by atoms with van der Waals surface area (Å²) in [6.07, 6.45) is -1.84. The van der Waals surface area contributed by atoms with Crippen LogP contribution in [0.2, 0.25) is 0 Å². The summed E-state index contributed by atoms with van der Waals surface area (Å²) in [5.74, 6) is 1.27. The van der Waals surface area contributed by atoms with Gasteiger partial charge in [0.25, 0.3) is 7.82 Å². The largest absolute Gasteiger partial charge is 0.756 e. The van der Waals surface area contributed by atoms with Crippen LogP contribution >= 0.6 is 7.82 Å². The van der Waals surface area contributed by atoms with Crippen molar-refractivity contribution in [1.29, 1.82) is 0 Å². The van der Waals surface area contributed by atoms with Crippen LogP contribution in [0.25, 0.3) is 0 Å². The first-order valence-electron chi connectivity index (χ1n) is 6.75. The molecule has 2 aliphatic heterocycles. The van der Waals surface area contributed by atoms with Gasteiger partial charge in [-0.15, -0.1) is 0 Å². The number of ether oxygens (including phenoxy) is 3. The maximum Gasteiger partial charge on any atom is 0.265 e. The fourth-order valence-corrected chi connectivity index (χ4v) is 2.99. The molecule has 1 fully saturated rings. The standard InChI is InChI=1S/C13H17O8P/c1-7-2-11-12(19-6-18-11)3-8(7)10-4-9(14)13(21-10)5-20-22(15,16)17/h2-3,9-10,13-14H,4-6H2,1H3,(H2,15,16,17)/p-1/t9?,10-,13-/m1/s1. The van der Waals surface area contributed by atoms with Crippen LogP contribution in [-0.4, -0.2) is 35.6 Å². The van der Waals surface area contributed by atoms with Gasteiger partial charge in [0, 0.05) is 6.42 Å². The van der Waals surface area contributed by atoms with Gasteiger partial charge >= 0.3 is 0 Å². The quantitative estimate of drug-likeness (QED) is 0.761. The number of rotatable bonds is 4. The van der Waals surface area contributed by atoms with E-state index in [0.29, 0.717) is 17.9 Å². The predicted octanol–water partition coefficient (Wildman–Crippen LogP) is 0.392. The minimum Gasteiger partial charge on any atom is -0.756 e. The minimum absolute atomic E-state index is 0.165. The lowest BCUT2D eigenvalue weighted by atomic mass is 9.99. The van der Waals surface area contributed by atoms with E-state index in [4.69, 9.17) is 19.1 Å². The SMILES string of the molecule is Cc1cc2c(cc1[C@H]1CC(O)[C@@H](COP(=O)([O-])O)O1)OCO2. The van der Waals surface area contributed by atoms with E-state index in [0.717, 1.165) is 11.1 Å². The van der Waals surface area contributed by atoms with Gasteiger partial charge < -0.3 is 33.6 Å². The molecule has 1 saturated heterocycles. The van der Waals surface area contributed by atoms with Gasteiger partial charge in [-0.05, 0) is 30.2 Å². The van der Waals surface area contributed by atoms with Crippen molar-refractivity contribution in [3.63, 3.8) is 0 Å². The molecule has 0 amide bonds. The third-order valence-corrected chi connectivity index (χ3v) is 4.21. The number of aliphatic hydroxyl groups is 1. The molecule has 3 rings (SSSR count). The lowest BCUT2D eigenvalue weighted by Crippen LogP contribution is -2.26. The van der Waals surface area contributed by atoms with E-state index in [1.165, 1.54) is 0 Å². The minimum atomic E-state index is -4.83. The Balaban J connectivity index is 1.73. The summed E-state index contributed by atoms with van der Waals surface area (Å²) in [4.78, 5) is 19.2. The molecule has 2 unspecified atom stereocenters. The lowest BCUT2D eigenvalue weighted by molar-refractivity contribution is -0.222. The summed E-state index contributed by atoms with van der Waals surface area (Å²) >= 11 is 0. The molecule has 1 aromatic carbocycles. The van der Waals surface area contributed by atoms with E-state index in [1.807, 2.05) is 13.0 Å². The van der Waals surface area contributed by atoms with E-state index in [9.17, 15) is 14.6 Å². The van der Waals surface area contributed by atoms with Crippen molar-refractivity contribution in [2.45, 2.75) is 31.7 Å². The number of fused-ring (bicyclic) bond motifs is 1. The van der Waals surface area contributed by atoms with E-state index in [1.54, 1.807) is 6.07 Å². The van der Waals surface area contributed by atoms with Crippen molar-refractivity contribution >= 4 is 7.82 Å². The average molecular weight is 331 g/mol. The smallest absolute Gasteiger partial charge is 0.265 e. The topological polar surface area (TPSA) is 118 Å². The molecule has 0 radical (unpaired) electrons. The molecule has 0 saturated carbocycles. The Morgan fingerprint density at radius 1 is 1.41 bits per heavy atom. The summed E-state index contributed by atoms with van der Waals surface area (Å²) in [6.45, 7) is 1.62. The van der Waals surface area contributed by atoms with Crippen molar-refractivity contribution in [2.24, 2.45) is 0 Å². The van der Waals surface area contributed by atoms with Crippen molar-refractivity contribution < 1.29 is 38.2 Å². The van der Waals surface area contributed by atoms with Crippen molar-refractivity contribution in [3.8, 4) is 11.5 Å². The Labute approximate surface area is 126 Å². The van der Waals surface area contributed by atoms with Gasteiger partial charge in [-0.3, -0.25) is 4.57 Å². The number of aliphatic hydroxyl groups excluding tert-OH is 1. The normalized spacial score (nSPS) is 29.5. The van der Waals surface area contributed by atoms with Crippen LogP contribution in [0.5, 0.6) is 11.5 Å². The maximum absolute atomic E-state index is 10.6. The van der Waals surface area contributed by atoms with Crippen molar-refractivity contribution in [1.82, 2.24) is 0 Å². The van der Waals surface area contributed by atoms with Gasteiger partial charge in [0.05, 0.1) is 18.8 Å². The number of hydrogen-bond acceptors (Lipinski definition) is 7. The van der Waals surface area contributed by atoms with Gasteiger partial charge in [0.15, 0.2) is 11.5 Å². The van der Waals surface area contributed by atoms with Crippen LogP contribution in [0.4, 0.5) is 0 Å². The van der Waals surface area contributed by atoms with Crippen LogP contribution in [0.3, 0.4) is 0 Å². The van der Waals surface area contributed by atoms with E-state index >= 15 is 0 Å². The summed E-state index contributed by atoms with van der Waals surface area (Å²) in [6, 6.07) is 3.62. The van der Waals surface area contributed by atoms with Crippen molar-refractivity contribution in [3.05, 3.63) is 23.3 Å². The van der Waals surface area contributed by atoms with Crippen molar-refractivity contribution in [2.75, 3.05) is 13.4 Å². The van der Waals surface area contributed by atoms with Crippen LogP contribution in [0.15, 0.2) is 12.1 Å². The number of phosphoric acid groups is 1. The lowest BCUT2D eigenvalue weighted by Gasteiger charge is -2.20. The Bertz CT molecular complexity index is 612. The van der Waals surface area contributed by atoms with Crippen LogP contribution in [0.1, 0.15) is 23.7 Å². The molecule has 2 heterocycles. The zero-order chi connectivity index (χ0) is 15.9. The highest BCUT2D eigenvalue weighted by Crippen LogP contribution is 2.42. The van der Waals surface area contributed by atoms with E-state index in [2.05, 4.69) is 4.52 Å². The molecule has 2 aliphatic rings. The molecule has 22 heavy (non-hydrogen) atoms. The monoisotopic (exact) mass is 331 g/mol. The highest BCUT2D eigenvalue weighted by Gasteiger charge is 2.36. The van der Waals surface area contributed by atoms with Crippen LogP contribution in [0, 0.1) is 6.92 Å². The van der Waals surface area contributed by atoms with Crippen LogP contribution in [-0.2, 0) is 13.8 Å². The summed E-state index contributed by atoms with van der Waals surface area (Å²) in [7, 11) is -4.83. The molecular weight excluding hydrogens is 315 g/mol. The molecule has 122 valence electrons. The fraction of sp³-hybridized carbons (Fsp3) is 0.538. The molecular formula is C13H16O8P-. The molecule has 0 aliphatic carbocycles. The van der Waals surface area contributed by atoms with Gasteiger partial charge in [-0.1, -0.05) is 0 Å². The first kappa shape index (κ1) is 15.7. The second-order valence-electron chi connectivity index (χ2n) is 5.29. The Hall–Kier alpha value is -1.15. The van der Waals surface area contributed by atoms with E-state index in [-0.39, 0.29) is 6.79 Å². The van der Waals surface area contributed by atoms with Gasteiger partial charge in [0.2, 0.25) is 6.79 Å². The second kappa shape index (κ2) is 5.81. The Morgan fingerprint density at radius 2 is 2.09 bits per heavy atom.